The second kappa shape index (κ2) is 8.08. The molecule has 1 aromatic rings. The molecule has 0 radical (unpaired) electrons. The first kappa shape index (κ1) is 17.4. The summed E-state index contributed by atoms with van der Waals surface area (Å²) in [4.78, 5) is 6.42. The third-order valence-electron chi connectivity index (χ3n) is 3.65. The maximum atomic E-state index is 12.2. The molecule has 1 aromatic carbocycles. The molecule has 0 aromatic heterocycles. The zero-order valence-electron chi connectivity index (χ0n) is 13.0. The van der Waals surface area contributed by atoms with Gasteiger partial charge in [0.15, 0.2) is 12.6 Å². The highest BCUT2D eigenvalue weighted by molar-refractivity contribution is 5.78. The average molecular weight is 329 g/mol. The van der Waals surface area contributed by atoms with Crippen LogP contribution in [0, 0.1) is 0 Å². The minimum Gasteiger partial charge on any atom is -0.484 e. The van der Waals surface area contributed by atoms with Crippen LogP contribution in [0.25, 0.3) is 0 Å². The third kappa shape index (κ3) is 6.38. The molecule has 7 heteroatoms. The molecule has 1 heterocycles. The minimum absolute atomic E-state index is 0.184. The average Bonchev–Trinajstić information content (AvgIpc) is 2.80. The van der Waals surface area contributed by atoms with Crippen LogP contribution < -0.4 is 10.5 Å². The van der Waals surface area contributed by atoms with Crippen LogP contribution in [0.3, 0.4) is 0 Å². The molecule has 4 nitrogen and oxygen atoms in total. The van der Waals surface area contributed by atoms with Crippen molar-refractivity contribution in [3.05, 3.63) is 29.8 Å². The van der Waals surface area contributed by atoms with Gasteiger partial charge in [0.2, 0.25) is 0 Å². The number of rotatable bonds is 4. The first-order valence-corrected chi connectivity index (χ1v) is 7.77. The molecule has 1 aliphatic heterocycles. The molecule has 128 valence electrons. The van der Waals surface area contributed by atoms with Crippen molar-refractivity contribution in [1.29, 1.82) is 0 Å². The Labute approximate surface area is 134 Å². The molecule has 1 saturated heterocycles. The zero-order valence-corrected chi connectivity index (χ0v) is 13.0. The van der Waals surface area contributed by atoms with Gasteiger partial charge in [-0.25, -0.2) is 4.99 Å². The van der Waals surface area contributed by atoms with E-state index < -0.39 is 12.8 Å². The lowest BCUT2D eigenvalue weighted by atomic mass is 10.2. The Morgan fingerprint density at radius 1 is 1.17 bits per heavy atom. The molecule has 2 N–H and O–H groups in total. The Balaban J connectivity index is 1.92. The third-order valence-corrected chi connectivity index (χ3v) is 3.65. The maximum absolute atomic E-state index is 12.2. The molecular weight excluding hydrogens is 307 g/mol. The van der Waals surface area contributed by atoms with Gasteiger partial charge in [0.1, 0.15) is 5.75 Å². The highest BCUT2D eigenvalue weighted by Gasteiger charge is 2.28. The number of hydrogen-bond donors (Lipinski definition) is 1. The fourth-order valence-corrected chi connectivity index (χ4v) is 2.47. The zero-order chi connectivity index (χ0) is 16.7. The molecule has 1 fully saturated rings. The predicted molar refractivity (Wildman–Crippen MR) is 83.4 cm³/mol. The van der Waals surface area contributed by atoms with Crippen molar-refractivity contribution in [2.24, 2.45) is 10.7 Å². The Morgan fingerprint density at radius 3 is 2.52 bits per heavy atom. The first-order chi connectivity index (χ1) is 10.9. The summed E-state index contributed by atoms with van der Waals surface area (Å²) in [6.45, 7) is 0.843. The van der Waals surface area contributed by atoms with Gasteiger partial charge in [0.25, 0.3) is 0 Å². The Morgan fingerprint density at radius 2 is 1.87 bits per heavy atom. The summed E-state index contributed by atoms with van der Waals surface area (Å²) in [7, 11) is 0. The van der Waals surface area contributed by atoms with Crippen LogP contribution in [0.2, 0.25) is 0 Å². The molecule has 1 aliphatic rings. The summed E-state index contributed by atoms with van der Waals surface area (Å²) in [5, 5.41) is 0. The van der Waals surface area contributed by atoms with E-state index in [4.69, 9.17) is 10.5 Å². The van der Waals surface area contributed by atoms with Crippen LogP contribution in [0.15, 0.2) is 29.3 Å². The SMILES string of the molecule is NC(=NCc1cccc(OCC(F)(F)F)c1)N1CCCCCC1. The number of benzene rings is 1. The quantitative estimate of drug-likeness (QED) is 0.681. The van der Waals surface area contributed by atoms with Gasteiger partial charge in [-0.15, -0.1) is 0 Å². The predicted octanol–water partition coefficient (Wildman–Crippen LogP) is 3.32. The van der Waals surface area contributed by atoms with Crippen LogP contribution in [0.4, 0.5) is 13.2 Å². The number of ether oxygens (including phenoxy) is 1. The smallest absolute Gasteiger partial charge is 0.422 e. The molecule has 23 heavy (non-hydrogen) atoms. The summed E-state index contributed by atoms with van der Waals surface area (Å²) in [5.74, 6) is 0.678. The highest BCUT2D eigenvalue weighted by Crippen LogP contribution is 2.19. The summed E-state index contributed by atoms with van der Waals surface area (Å²) in [5.41, 5.74) is 6.78. The number of halogens is 3. The number of nitrogens with zero attached hydrogens (tertiary/aromatic N) is 2. The molecule has 0 atom stereocenters. The van der Waals surface area contributed by atoms with E-state index in [2.05, 4.69) is 9.89 Å². The van der Waals surface area contributed by atoms with Gasteiger partial charge < -0.3 is 15.4 Å². The van der Waals surface area contributed by atoms with E-state index in [1.54, 1.807) is 18.2 Å². The van der Waals surface area contributed by atoms with E-state index in [0.29, 0.717) is 12.5 Å². The van der Waals surface area contributed by atoms with Crippen LogP contribution in [0.5, 0.6) is 5.75 Å². The molecule has 0 unspecified atom stereocenters. The molecule has 0 saturated carbocycles. The minimum atomic E-state index is -4.34. The largest absolute Gasteiger partial charge is 0.484 e. The Hall–Kier alpha value is -1.92. The lowest BCUT2D eigenvalue weighted by molar-refractivity contribution is -0.153. The molecule has 0 spiro atoms. The van der Waals surface area contributed by atoms with E-state index in [9.17, 15) is 13.2 Å². The number of alkyl halides is 3. The van der Waals surface area contributed by atoms with Crippen LogP contribution in [-0.4, -0.2) is 36.7 Å². The molecule has 0 aliphatic carbocycles. The standard InChI is InChI=1S/C16H22F3N3O/c17-16(18,19)12-23-14-7-5-6-13(10-14)11-21-15(20)22-8-3-1-2-4-9-22/h5-7,10H,1-4,8-9,11-12H2,(H2,20,21). The van der Waals surface area contributed by atoms with E-state index in [1.165, 1.54) is 18.9 Å². The van der Waals surface area contributed by atoms with Gasteiger partial charge in [0, 0.05) is 13.1 Å². The lowest BCUT2D eigenvalue weighted by Crippen LogP contribution is -2.38. The molecule has 2 rings (SSSR count). The van der Waals surface area contributed by atoms with E-state index in [-0.39, 0.29) is 5.75 Å². The number of hydrogen-bond acceptors (Lipinski definition) is 2. The van der Waals surface area contributed by atoms with E-state index >= 15 is 0 Å². The molecular formula is C16H22F3N3O. The number of aliphatic imine (C=N–C) groups is 1. The fourth-order valence-electron chi connectivity index (χ4n) is 2.47. The lowest BCUT2D eigenvalue weighted by Gasteiger charge is -2.21. The summed E-state index contributed by atoms with van der Waals surface area (Å²) >= 11 is 0. The second-order valence-electron chi connectivity index (χ2n) is 5.63. The monoisotopic (exact) mass is 329 g/mol. The number of likely N-dealkylation sites (tertiary alicyclic amines) is 1. The van der Waals surface area contributed by atoms with Crippen LogP contribution in [-0.2, 0) is 6.54 Å². The maximum Gasteiger partial charge on any atom is 0.422 e. The fraction of sp³-hybridized carbons (Fsp3) is 0.562. The van der Waals surface area contributed by atoms with Crippen molar-refractivity contribution in [2.45, 2.75) is 38.4 Å². The van der Waals surface area contributed by atoms with Crippen molar-refractivity contribution >= 4 is 5.96 Å². The van der Waals surface area contributed by atoms with Crippen LogP contribution >= 0.6 is 0 Å². The summed E-state index contributed by atoms with van der Waals surface area (Å²) in [6.07, 6.45) is 0.296. The van der Waals surface area contributed by atoms with Crippen molar-refractivity contribution in [1.82, 2.24) is 4.90 Å². The topological polar surface area (TPSA) is 50.9 Å². The van der Waals surface area contributed by atoms with Crippen molar-refractivity contribution in [2.75, 3.05) is 19.7 Å². The number of nitrogens with two attached hydrogens (primary N) is 1. The number of guanidine groups is 1. The Bertz CT molecular complexity index is 524. The molecule has 0 bridgehead atoms. The van der Waals surface area contributed by atoms with Gasteiger partial charge in [0.05, 0.1) is 6.54 Å². The van der Waals surface area contributed by atoms with E-state index in [1.807, 2.05) is 0 Å². The van der Waals surface area contributed by atoms with Gasteiger partial charge in [-0.3, -0.25) is 0 Å². The van der Waals surface area contributed by atoms with Gasteiger partial charge >= 0.3 is 6.18 Å². The first-order valence-electron chi connectivity index (χ1n) is 7.77. The highest BCUT2D eigenvalue weighted by atomic mass is 19.4. The summed E-state index contributed by atoms with van der Waals surface area (Å²) in [6, 6.07) is 6.50. The van der Waals surface area contributed by atoms with Crippen LogP contribution in [0.1, 0.15) is 31.2 Å². The molecule has 0 amide bonds. The van der Waals surface area contributed by atoms with Crippen molar-refractivity contribution in [3.63, 3.8) is 0 Å². The van der Waals surface area contributed by atoms with Gasteiger partial charge in [-0.1, -0.05) is 25.0 Å². The Kier molecular flexibility index (Phi) is 6.12. The normalized spacial score (nSPS) is 17.0. The summed E-state index contributed by atoms with van der Waals surface area (Å²) < 4.78 is 41.2. The van der Waals surface area contributed by atoms with E-state index in [0.717, 1.165) is 31.5 Å². The van der Waals surface area contributed by atoms with Crippen molar-refractivity contribution in [3.8, 4) is 5.75 Å². The second-order valence-corrected chi connectivity index (χ2v) is 5.63. The van der Waals surface area contributed by atoms with Gasteiger partial charge in [-0.05, 0) is 30.5 Å². The van der Waals surface area contributed by atoms with Crippen molar-refractivity contribution < 1.29 is 17.9 Å². The van der Waals surface area contributed by atoms with Gasteiger partial charge in [-0.2, -0.15) is 13.2 Å².